The number of fused-ring (bicyclic) bond motifs is 1. The minimum atomic E-state index is -3.11. The van der Waals surface area contributed by atoms with Crippen molar-refractivity contribution in [2.75, 3.05) is 11.9 Å². The summed E-state index contributed by atoms with van der Waals surface area (Å²) in [4.78, 5) is 50.6. The molecule has 0 unspecified atom stereocenters. The van der Waals surface area contributed by atoms with Crippen LogP contribution in [0.1, 0.15) is 58.5 Å². The lowest BCUT2D eigenvalue weighted by Crippen LogP contribution is -2.35. The van der Waals surface area contributed by atoms with E-state index in [4.69, 9.17) is 4.74 Å². The first kappa shape index (κ1) is 24.1. The van der Waals surface area contributed by atoms with Crippen molar-refractivity contribution in [3.05, 3.63) is 53.1 Å². The number of ether oxygens (including phenoxy) is 2. The van der Waals surface area contributed by atoms with E-state index in [0.717, 1.165) is 17.7 Å². The van der Waals surface area contributed by atoms with E-state index in [1.54, 1.807) is 0 Å². The third-order valence-corrected chi connectivity index (χ3v) is 5.68. The molecular formula is C24H22F2N2O7. The molecule has 0 spiro atoms. The Balaban J connectivity index is 1.73. The van der Waals surface area contributed by atoms with Crippen molar-refractivity contribution in [3.63, 3.8) is 0 Å². The number of carbonyl (C=O) groups excluding carboxylic acids is 3. The SMILES string of the molecule is CC(=O)Nc1cccc2c1C(=O)N([C@H](CC(=O)O)c1ccc(OC(F)F)c(OCC3CC3)c1)C2=O. The van der Waals surface area contributed by atoms with Gasteiger partial charge in [0.2, 0.25) is 5.91 Å². The highest BCUT2D eigenvalue weighted by Gasteiger charge is 2.43. The van der Waals surface area contributed by atoms with E-state index in [9.17, 15) is 33.1 Å². The van der Waals surface area contributed by atoms with Gasteiger partial charge in [0.15, 0.2) is 11.5 Å². The molecule has 0 saturated heterocycles. The molecular weight excluding hydrogens is 466 g/mol. The number of benzene rings is 2. The topological polar surface area (TPSA) is 122 Å². The highest BCUT2D eigenvalue weighted by atomic mass is 19.3. The maximum absolute atomic E-state index is 13.3. The van der Waals surface area contributed by atoms with Gasteiger partial charge in [0, 0.05) is 6.92 Å². The number of aliphatic carboxylic acids is 1. The molecule has 1 saturated carbocycles. The molecule has 1 fully saturated rings. The monoisotopic (exact) mass is 488 g/mol. The average molecular weight is 488 g/mol. The first-order valence-corrected chi connectivity index (χ1v) is 10.9. The quantitative estimate of drug-likeness (QED) is 0.487. The van der Waals surface area contributed by atoms with Gasteiger partial charge in [-0.15, -0.1) is 0 Å². The van der Waals surface area contributed by atoms with E-state index >= 15 is 0 Å². The summed E-state index contributed by atoms with van der Waals surface area (Å²) in [7, 11) is 0. The first-order chi connectivity index (χ1) is 16.7. The van der Waals surface area contributed by atoms with Crippen molar-refractivity contribution in [1.82, 2.24) is 4.90 Å². The van der Waals surface area contributed by atoms with Gasteiger partial charge in [-0.1, -0.05) is 12.1 Å². The van der Waals surface area contributed by atoms with E-state index in [1.807, 2.05) is 0 Å². The fourth-order valence-electron chi connectivity index (χ4n) is 3.93. The van der Waals surface area contributed by atoms with Crippen LogP contribution in [0.25, 0.3) is 0 Å². The molecule has 9 nitrogen and oxygen atoms in total. The number of alkyl halides is 2. The highest BCUT2D eigenvalue weighted by Crippen LogP contribution is 2.40. The van der Waals surface area contributed by atoms with Crippen molar-refractivity contribution in [1.29, 1.82) is 0 Å². The Labute approximate surface area is 198 Å². The summed E-state index contributed by atoms with van der Waals surface area (Å²) in [5.41, 5.74) is 0.278. The van der Waals surface area contributed by atoms with Gasteiger partial charge in [0.1, 0.15) is 0 Å². The van der Waals surface area contributed by atoms with Gasteiger partial charge in [-0.05, 0) is 48.6 Å². The van der Waals surface area contributed by atoms with Crippen LogP contribution in [0.15, 0.2) is 36.4 Å². The molecule has 35 heavy (non-hydrogen) atoms. The Kier molecular flexibility index (Phi) is 6.68. The van der Waals surface area contributed by atoms with Gasteiger partial charge in [-0.3, -0.25) is 24.1 Å². The molecule has 2 aromatic rings. The molecule has 3 amide bonds. The minimum Gasteiger partial charge on any atom is -0.489 e. The lowest BCUT2D eigenvalue weighted by atomic mass is 10.0. The number of carbonyl (C=O) groups is 4. The van der Waals surface area contributed by atoms with E-state index in [0.29, 0.717) is 0 Å². The normalized spacial score (nSPS) is 15.7. The lowest BCUT2D eigenvalue weighted by molar-refractivity contribution is -0.138. The predicted octanol–water partition coefficient (Wildman–Crippen LogP) is 3.85. The lowest BCUT2D eigenvalue weighted by Gasteiger charge is -2.26. The van der Waals surface area contributed by atoms with Gasteiger partial charge in [-0.2, -0.15) is 8.78 Å². The van der Waals surface area contributed by atoms with Crippen LogP contribution in [0.3, 0.4) is 0 Å². The number of nitrogens with zero attached hydrogens (tertiary/aromatic N) is 1. The Bertz CT molecular complexity index is 1200. The molecule has 4 rings (SSSR count). The van der Waals surface area contributed by atoms with E-state index in [-0.39, 0.29) is 46.4 Å². The number of carboxylic acid groups (broad SMARTS) is 1. The number of halogens is 2. The summed E-state index contributed by atoms with van der Waals surface area (Å²) in [6, 6.07) is 6.91. The van der Waals surface area contributed by atoms with Gasteiger partial charge in [0.25, 0.3) is 11.8 Å². The third-order valence-electron chi connectivity index (χ3n) is 5.68. The van der Waals surface area contributed by atoms with E-state index in [1.165, 1.54) is 43.3 Å². The number of imide groups is 1. The smallest absolute Gasteiger partial charge is 0.387 e. The fourth-order valence-corrected chi connectivity index (χ4v) is 3.93. The van der Waals surface area contributed by atoms with Crippen LogP contribution in [-0.2, 0) is 9.59 Å². The van der Waals surface area contributed by atoms with E-state index < -0.39 is 42.8 Å². The molecule has 1 heterocycles. The van der Waals surface area contributed by atoms with Crippen molar-refractivity contribution < 1.29 is 42.5 Å². The Morgan fingerprint density at radius 3 is 2.51 bits per heavy atom. The molecule has 0 radical (unpaired) electrons. The van der Waals surface area contributed by atoms with Crippen LogP contribution in [0.2, 0.25) is 0 Å². The molecule has 1 aliphatic heterocycles. The maximum atomic E-state index is 13.3. The number of hydrogen-bond acceptors (Lipinski definition) is 6. The summed E-state index contributed by atoms with van der Waals surface area (Å²) >= 11 is 0. The summed E-state index contributed by atoms with van der Waals surface area (Å²) in [6.07, 6.45) is 1.24. The number of amides is 3. The average Bonchev–Trinajstić information content (AvgIpc) is 3.57. The van der Waals surface area contributed by atoms with Crippen LogP contribution in [-0.4, -0.2) is 46.9 Å². The highest BCUT2D eigenvalue weighted by molar-refractivity contribution is 6.24. The van der Waals surface area contributed by atoms with Crippen molar-refractivity contribution in [3.8, 4) is 11.5 Å². The van der Waals surface area contributed by atoms with Gasteiger partial charge in [-0.25, -0.2) is 0 Å². The standard InChI is InChI=1S/C24H22F2N2O7/c1-12(29)27-16-4-2-3-15-21(16)23(33)28(22(15)32)17(10-20(30)31)14-7-8-18(35-24(25)26)19(9-14)34-11-13-5-6-13/h2-4,7-9,13,17,24H,5-6,10-11H2,1H3,(H,27,29)(H,30,31)/t17-/m1/s1. The molecule has 2 N–H and O–H groups in total. The van der Waals surface area contributed by atoms with Gasteiger partial charge in [0.05, 0.1) is 35.9 Å². The van der Waals surface area contributed by atoms with Crippen molar-refractivity contribution >= 4 is 29.4 Å². The Morgan fingerprint density at radius 2 is 1.89 bits per heavy atom. The first-order valence-electron chi connectivity index (χ1n) is 10.9. The molecule has 2 aromatic carbocycles. The fraction of sp³-hybridized carbons (Fsp3) is 0.333. The number of anilines is 1. The Hall–Kier alpha value is -4.02. The summed E-state index contributed by atoms with van der Waals surface area (Å²) in [5, 5.41) is 12.0. The zero-order chi connectivity index (χ0) is 25.3. The van der Waals surface area contributed by atoms with E-state index in [2.05, 4.69) is 10.1 Å². The van der Waals surface area contributed by atoms with Gasteiger partial charge >= 0.3 is 12.6 Å². The van der Waals surface area contributed by atoms with Crippen molar-refractivity contribution in [2.45, 2.75) is 38.8 Å². The molecule has 184 valence electrons. The van der Waals surface area contributed by atoms with Gasteiger partial charge < -0.3 is 19.9 Å². The molecule has 11 heteroatoms. The van der Waals surface area contributed by atoms with Crippen molar-refractivity contribution in [2.24, 2.45) is 5.92 Å². The summed E-state index contributed by atoms with van der Waals surface area (Å²) in [5.74, 6) is -3.26. The summed E-state index contributed by atoms with van der Waals surface area (Å²) in [6.45, 7) is -1.60. The Morgan fingerprint density at radius 1 is 1.14 bits per heavy atom. The third kappa shape index (κ3) is 5.23. The van der Waals surface area contributed by atoms with Crippen LogP contribution in [0, 0.1) is 5.92 Å². The number of hydrogen-bond donors (Lipinski definition) is 2. The molecule has 0 aromatic heterocycles. The zero-order valence-corrected chi connectivity index (χ0v) is 18.6. The number of rotatable bonds is 10. The van der Waals surface area contributed by atoms with Crippen LogP contribution < -0.4 is 14.8 Å². The van der Waals surface area contributed by atoms with Crippen LogP contribution >= 0.6 is 0 Å². The molecule has 1 aliphatic carbocycles. The number of nitrogens with one attached hydrogen (secondary N) is 1. The number of carboxylic acids is 1. The molecule has 0 bridgehead atoms. The predicted molar refractivity (Wildman–Crippen MR) is 118 cm³/mol. The van der Waals surface area contributed by atoms with Crippen LogP contribution in [0.4, 0.5) is 14.5 Å². The second-order valence-electron chi connectivity index (χ2n) is 8.34. The zero-order valence-electron chi connectivity index (χ0n) is 18.6. The largest absolute Gasteiger partial charge is 0.489 e. The second kappa shape index (κ2) is 9.69. The van der Waals surface area contributed by atoms with Crippen LogP contribution in [0.5, 0.6) is 11.5 Å². The summed E-state index contributed by atoms with van der Waals surface area (Å²) < 4.78 is 36.0. The maximum Gasteiger partial charge on any atom is 0.387 e. The molecule has 1 atom stereocenters. The minimum absolute atomic E-state index is 0.0134. The molecule has 2 aliphatic rings. The second-order valence-corrected chi connectivity index (χ2v) is 8.34.